The van der Waals surface area contributed by atoms with Crippen molar-refractivity contribution in [2.24, 2.45) is 17.3 Å². The van der Waals surface area contributed by atoms with Crippen molar-refractivity contribution in [1.29, 1.82) is 10.5 Å². The Bertz CT molecular complexity index is 1310. The first kappa shape index (κ1) is 24.1. The van der Waals surface area contributed by atoms with Crippen molar-refractivity contribution in [1.82, 2.24) is 0 Å². The van der Waals surface area contributed by atoms with Crippen LogP contribution in [-0.2, 0) is 9.53 Å². The second kappa shape index (κ2) is 10.5. The van der Waals surface area contributed by atoms with Gasteiger partial charge in [-0.15, -0.1) is 0 Å². The smallest absolute Gasteiger partial charge is 0.311 e. The lowest BCUT2D eigenvalue weighted by Gasteiger charge is -2.13. The molecule has 0 aliphatic heterocycles. The van der Waals surface area contributed by atoms with Crippen LogP contribution in [0.15, 0.2) is 101 Å². The van der Waals surface area contributed by atoms with Crippen LogP contribution in [0.2, 0.25) is 0 Å². The van der Waals surface area contributed by atoms with Crippen LogP contribution < -0.4 is 4.74 Å². The highest BCUT2D eigenvalue weighted by molar-refractivity contribution is 8.03. The van der Waals surface area contributed by atoms with Gasteiger partial charge < -0.3 is 9.47 Å². The molecule has 0 spiro atoms. The number of benzene rings is 3. The molecule has 0 radical (unpaired) electrons. The molecule has 1 fully saturated rings. The SMILES string of the molecule is CC1(C)[C@H](C(=O)O[C@H](C#N)c2cccc(Oc3ccccc3)c2)[C@@H]1C=C(C#N)Sc1ccccc1. The fourth-order valence-corrected chi connectivity index (χ4v) is 4.84. The summed E-state index contributed by atoms with van der Waals surface area (Å²) in [6.07, 6.45) is 0.788. The number of ether oxygens (including phenoxy) is 2. The summed E-state index contributed by atoms with van der Waals surface area (Å²) in [6.45, 7) is 3.94. The van der Waals surface area contributed by atoms with Gasteiger partial charge in [0.2, 0.25) is 6.10 Å². The van der Waals surface area contributed by atoms with Crippen LogP contribution >= 0.6 is 11.8 Å². The van der Waals surface area contributed by atoms with Crippen LogP contribution in [-0.4, -0.2) is 5.97 Å². The maximum Gasteiger partial charge on any atom is 0.311 e. The van der Waals surface area contributed by atoms with E-state index in [0.29, 0.717) is 22.0 Å². The Morgan fingerprint density at radius 2 is 1.63 bits per heavy atom. The van der Waals surface area contributed by atoms with Crippen LogP contribution in [0.1, 0.15) is 25.5 Å². The first-order chi connectivity index (χ1) is 16.9. The molecule has 3 aromatic carbocycles. The molecule has 6 heteroatoms. The molecule has 4 rings (SSSR count). The zero-order valence-corrected chi connectivity index (χ0v) is 20.2. The number of para-hydroxylation sites is 1. The number of carbonyl (C=O) groups is 1. The number of hydrogen-bond donors (Lipinski definition) is 0. The molecule has 0 unspecified atom stereocenters. The molecule has 3 aromatic rings. The molecule has 3 atom stereocenters. The van der Waals surface area contributed by atoms with Crippen molar-refractivity contribution in [3.63, 3.8) is 0 Å². The molecule has 1 aliphatic carbocycles. The minimum atomic E-state index is -1.06. The van der Waals surface area contributed by atoms with Gasteiger partial charge in [0.05, 0.1) is 10.8 Å². The Labute approximate surface area is 209 Å². The van der Waals surface area contributed by atoms with E-state index in [2.05, 4.69) is 12.1 Å². The van der Waals surface area contributed by atoms with Crippen molar-refractivity contribution >= 4 is 17.7 Å². The molecule has 0 bridgehead atoms. The van der Waals surface area contributed by atoms with Crippen LogP contribution in [0.5, 0.6) is 11.5 Å². The normalized spacial score (nSPS) is 19.0. The summed E-state index contributed by atoms with van der Waals surface area (Å²) in [4.78, 5) is 14.5. The fraction of sp³-hybridized carbons (Fsp3) is 0.207. The molecule has 0 N–H and O–H groups in total. The van der Waals surface area contributed by atoms with Gasteiger partial charge in [-0.2, -0.15) is 10.5 Å². The summed E-state index contributed by atoms with van der Waals surface area (Å²) in [7, 11) is 0. The number of nitriles is 2. The second-order valence-electron chi connectivity index (χ2n) is 8.82. The van der Waals surface area contributed by atoms with Gasteiger partial charge in [0.15, 0.2) is 0 Å². The average molecular weight is 481 g/mol. The summed E-state index contributed by atoms with van der Waals surface area (Å²) in [5.74, 6) is 0.203. The van der Waals surface area contributed by atoms with Crippen molar-refractivity contribution in [3.05, 3.63) is 101 Å². The number of nitrogens with zero attached hydrogens (tertiary/aromatic N) is 2. The summed E-state index contributed by atoms with van der Waals surface area (Å²) in [5, 5.41) is 19.3. The molecular weight excluding hydrogens is 456 g/mol. The maximum absolute atomic E-state index is 13.1. The van der Waals surface area contributed by atoms with Crippen LogP contribution in [0.3, 0.4) is 0 Å². The van der Waals surface area contributed by atoms with E-state index in [0.717, 1.165) is 4.90 Å². The summed E-state index contributed by atoms with van der Waals surface area (Å²) < 4.78 is 11.5. The summed E-state index contributed by atoms with van der Waals surface area (Å²) >= 11 is 1.37. The van der Waals surface area contributed by atoms with Gasteiger partial charge in [0, 0.05) is 10.5 Å². The van der Waals surface area contributed by atoms with E-state index in [1.54, 1.807) is 24.3 Å². The van der Waals surface area contributed by atoms with E-state index in [-0.39, 0.29) is 11.3 Å². The Morgan fingerprint density at radius 3 is 2.29 bits per heavy atom. The largest absolute Gasteiger partial charge is 0.457 e. The number of rotatable bonds is 8. The minimum Gasteiger partial charge on any atom is -0.457 e. The summed E-state index contributed by atoms with van der Waals surface area (Å²) in [5.41, 5.74) is 0.173. The van der Waals surface area contributed by atoms with Gasteiger partial charge in [-0.25, -0.2) is 0 Å². The lowest BCUT2D eigenvalue weighted by Crippen LogP contribution is -2.14. The molecule has 1 saturated carbocycles. The lowest BCUT2D eigenvalue weighted by atomic mass is 10.1. The second-order valence-corrected chi connectivity index (χ2v) is 9.93. The van der Waals surface area contributed by atoms with E-state index < -0.39 is 18.0 Å². The highest BCUT2D eigenvalue weighted by Crippen LogP contribution is 2.60. The molecule has 5 nitrogen and oxygen atoms in total. The maximum atomic E-state index is 13.1. The van der Waals surface area contributed by atoms with Crippen molar-refractivity contribution in [3.8, 4) is 23.6 Å². The molecule has 0 saturated heterocycles. The van der Waals surface area contributed by atoms with Gasteiger partial charge in [0.1, 0.15) is 23.6 Å². The molecule has 35 heavy (non-hydrogen) atoms. The van der Waals surface area contributed by atoms with Gasteiger partial charge >= 0.3 is 5.97 Å². The third kappa shape index (κ3) is 5.74. The monoisotopic (exact) mass is 480 g/mol. The Hall–Kier alpha value is -4.00. The number of carbonyl (C=O) groups excluding carboxylic acids is 1. The van der Waals surface area contributed by atoms with Gasteiger partial charge in [-0.1, -0.05) is 80.2 Å². The molecule has 0 aromatic heterocycles. The Kier molecular flexibility index (Phi) is 7.25. The predicted octanol–water partition coefficient (Wildman–Crippen LogP) is 7.06. The predicted molar refractivity (Wildman–Crippen MR) is 134 cm³/mol. The van der Waals surface area contributed by atoms with E-state index >= 15 is 0 Å². The molecule has 0 amide bonds. The topological polar surface area (TPSA) is 83.1 Å². The number of allylic oxidation sites excluding steroid dienone is 2. The fourth-order valence-electron chi connectivity index (χ4n) is 4.04. The molecule has 1 aliphatic rings. The van der Waals surface area contributed by atoms with E-state index in [4.69, 9.17) is 9.47 Å². The van der Waals surface area contributed by atoms with Gasteiger partial charge in [-0.05, 0) is 47.7 Å². The van der Waals surface area contributed by atoms with Crippen molar-refractivity contribution in [2.45, 2.75) is 24.8 Å². The highest BCUT2D eigenvalue weighted by atomic mass is 32.2. The number of thioether (sulfide) groups is 1. The van der Waals surface area contributed by atoms with Gasteiger partial charge in [-0.3, -0.25) is 4.79 Å². The van der Waals surface area contributed by atoms with Crippen LogP contribution in [0, 0.1) is 39.9 Å². The van der Waals surface area contributed by atoms with Gasteiger partial charge in [0.25, 0.3) is 0 Å². The van der Waals surface area contributed by atoms with Crippen LogP contribution in [0.4, 0.5) is 0 Å². The average Bonchev–Trinajstić information content (AvgIpc) is 3.42. The zero-order chi connectivity index (χ0) is 24.8. The minimum absolute atomic E-state index is 0.145. The quantitative estimate of drug-likeness (QED) is 0.195. The third-order valence-electron chi connectivity index (χ3n) is 6.07. The third-order valence-corrected chi connectivity index (χ3v) is 7.02. The van der Waals surface area contributed by atoms with Crippen LogP contribution in [0.25, 0.3) is 0 Å². The first-order valence-corrected chi connectivity index (χ1v) is 12.0. The van der Waals surface area contributed by atoms with E-state index in [1.807, 2.05) is 80.6 Å². The lowest BCUT2D eigenvalue weighted by molar-refractivity contribution is -0.149. The standard InChI is InChI=1S/C29H24N2O3S/c1-29(2)25(17-24(18-30)35-23-14-7-4-8-15-23)27(29)28(32)34-26(19-31)20-10-9-13-22(16-20)33-21-11-5-3-6-12-21/h3-17,25-27H,1-2H3/t25-,26+,27-/m0/s1. The Balaban J connectivity index is 1.45. The first-order valence-electron chi connectivity index (χ1n) is 11.2. The van der Waals surface area contributed by atoms with Crippen molar-refractivity contribution in [2.75, 3.05) is 0 Å². The van der Waals surface area contributed by atoms with E-state index in [1.165, 1.54) is 11.8 Å². The number of hydrogen-bond acceptors (Lipinski definition) is 6. The molecular formula is C29H24N2O3S. The van der Waals surface area contributed by atoms with Crippen molar-refractivity contribution < 1.29 is 14.3 Å². The number of esters is 1. The van der Waals surface area contributed by atoms with E-state index in [9.17, 15) is 15.3 Å². The zero-order valence-electron chi connectivity index (χ0n) is 19.4. The molecule has 0 heterocycles. The summed E-state index contributed by atoms with van der Waals surface area (Å²) in [6, 6.07) is 30.2. The highest BCUT2D eigenvalue weighted by Gasteiger charge is 2.62. The molecule has 174 valence electrons. The Morgan fingerprint density at radius 1 is 0.971 bits per heavy atom.